The minimum Gasteiger partial charge on any atom is -0.384 e. The molecule has 23 heavy (non-hydrogen) atoms. The highest BCUT2D eigenvalue weighted by Gasteiger charge is 2.28. The number of aryl methyl sites for hydroxylation is 1. The molecule has 1 fully saturated rings. The molecule has 0 saturated heterocycles. The van der Waals surface area contributed by atoms with Gasteiger partial charge in [-0.3, -0.25) is 4.79 Å². The minimum atomic E-state index is -1.04. The monoisotopic (exact) mass is 335 g/mol. The Balaban J connectivity index is 1.37. The van der Waals surface area contributed by atoms with Gasteiger partial charge in [0.15, 0.2) is 5.82 Å². The number of aromatic nitrogens is 2. The van der Waals surface area contributed by atoms with Crippen molar-refractivity contribution in [2.45, 2.75) is 50.5 Å². The van der Waals surface area contributed by atoms with Gasteiger partial charge in [0.25, 0.3) is 0 Å². The first-order chi connectivity index (χ1) is 11.0. The number of thiophene rings is 1. The Morgan fingerprint density at radius 1 is 1.57 bits per heavy atom. The van der Waals surface area contributed by atoms with Crippen LogP contribution < -0.4 is 5.32 Å². The molecule has 2 aromatic rings. The van der Waals surface area contributed by atoms with E-state index in [0.717, 1.165) is 24.2 Å². The zero-order valence-electron chi connectivity index (χ0n) is 13.1. The summed E-state index contributed by atoms with van der Waals surface area (Å²) < 4.78 is 5.18. The third-order valence-corrected chi connectivity index (χ3v) is 4.68. The fourth-order valence-corrected chi connectivity index (χ4v) is 3.09. The summed E-state index contributed by atoms with van der Waals surface area (Å²) in [5.74, 6) is 1.80. The molecule has 0 bridgehead atoms. The Kier molecular flexibility index (Phi) is 4.77. The highest BCUT2D eigenvalue weighted by atomic mass is 32.1. The molecule has 1 aliphatic rings. The topological polar surface area (TPSA) is 88.2 Å². The second-order valence-electron chi connectivity index (χ2n) is 6.24. The van der Waals surface area contributed by atoms with Crippen molar-refractivity contribution in [2.24, 2.45) is 0 Å². The van der Waals surface area contributed by atoms with Crippen LogP contribution in [0, 0.1) is 0 Å². The molecule has 1 atom stereocenters. The number of aliphatic hydroxyl groups is 1. The van der Waals surface area contributed by atoms with E-state index in [-0.39, 0.29) is 12.5 Å². The molecular weight excluding hydrogens is 314 g/mol. The van der Waals surface area contributed by atoms with E-state index in [1.807, 2.05) is 16.8 Å². The van der Waals surface area contributed by atoms with E-state index < -0.39 is 5.60 Å². The maximum atomic E-state index is 11.9. The van der Waals surface area contributed by atoms with Crippen molar-refractivity contribution in [2.75, 3.05) is 6.54 Å². The number of carbonyl (C=O) groups excluding carboxylic acids is 1. The van der Waals surface area contributed by atoms with E-state index in [2.05, 4.69) is 15.5 Å². The van der Waals surface area contributed by atoms with Crippen molar-refractivity contribution in [3.8, 4) is 0 Å². The summed E-state index contributed by atoms with van der Waals surface area (Å²) in [6, 6.07) is 1.86. The van der Waals surface area contributed by atoms with Crippen LogP contribution in [0.25, 0.3) is 0 Å². The zero-order valence-corrected chi connectivity index (χ0v) is 13.9. The van der Waals surface area contributed by atoms with Crippen LogP contribution in [0.5, 0.6) is 0 Å². The van der Waals surface area contributed by atoms with E-state index in [1.165, 1.54) is 11.3 Å². The van der Waals surface area contributed by atoms with Crippen LogP contribution >= 0.6 is 11.3 Å². The molecule has 1 unspecified atom stereocenters. The Labute approximate surface area is 138 Å². The molecule has 2 aromatic heterocycles. The first-order valence-electron chi connectivity index (χ1n) is 7.89. The molecule has 3 rings (SSSR count). The van der Waals surface area contributed by atoms with Crippen molar-refractivity contribution >= 4 is 17.2 Å². The van der Waals surface area contributed by atoms with Crippen molar-refractivity contribution in [1.82, 2.24) is 15.5 Å². The molecular formula is C16H21N3O3S. The van der Waals surface area contributed by atoms with Gasteiger partial charge >= 0.3 is 0 Å². The third-order valence-electron chi connectivity index (χ3n) is 3.99. The first kappa shape index (κ1) is 16.1. The lowest BCUT2D eigenvalue weighted by atomic mass is 9.99. The predicted molar refractivity (Wildman–Crippen MR) is 86.1 cm³/mol. The van der Waals surface area contributed by atoms with Crippen LogP contribution in [0.1, 0.15) is 55.8 Å². The van der Waals surface area contributed by atoms with Crippen LogP contribution in [0.15, 0.2) is 21.3 Å². The fourth-order valence-electron chi connectivity index (χ4n) is 2.31. The van der Waals surface area contributed by atoms with Crippen molar-refractivity contribution < 1.29 is 14.4 Å². The van der Waals surface area contributed by atoms with Gasteiger partial charge in [0.2, 0.25) is 11.8 Å². The molecule has 6 nitrogen and oxygen atoms in total. The molecule has 1 amide bonds. The minimum absolute atomic E-state index is 0.0811. The summed E-state index contributed by atoms with van der Waals surface area (Å²) in [6.07, 6.45) is 3.92. The molecule has 1 aliphatic carbocycles. The maximum absolute atomic E-state index is 11.9. The summed E-state index contributed by atoms with van der Waals surface area (Å²) in [7, 11) is 0. The lowest BCUT2D eigenvalue weighted by molar-refractivity contribution is -0.122. The van der Waals surface area contributed by atoms with Crippen LogP contribution in [-0.2, 0) is 16.8 Å². The number of amides is 1. The van der Waals surface area contributed by atoms with Gasteiger partial charge in [-0.2, -0.15) is 16.3 Å². The SMILES string of the molecule is CC(O)(CNC(=O)CCCc1nc(C2CC2)no1)c1ccsc1. The summed E-state index contributed by atoms with van der Waals surface area (Å²) >= 11 is 1.52. The lowest BCUT2D eigenvalue weighted by Gasteiger charge is -2.22. The number of nitrogens with one attached hydrogen (secondary N) is 1. The molecule has 0 aromatic carbocycles. The van der Waals surface area contributed by atoms with Crippen molar-refractivity contribution in [3.63, 3.8) is 0 Å². The average Bonchev–Trinajstić information content (AvgIpc) is 3.03. The van der Waals surface area contributed by atoms with Gasteiger partial charge in [0, 0.05) is 18.8 Å². The van der Waals surface area contributed by atoms with Gasteiger partial charge in [-0.05, 0) is 48.6 Å². The highest BCUT2D eigenvalue weighted by Crippen LogP contribution is 2.38. The Morgan fingerprint density at radius 2 is 2.39 bits per heavy atom. The zero-order chi connectivity index (χ0) is 16.3. The van der Waals surface area contributed by atoms with Gasteiger partial charge < -0.3 is 14.9 Å². The van der Waals surface area contributed by atoms with Crippen LogP contribution in [0.4, 0.5) is 0 Å². The Morgan fingerprint density at radius 3 is 3.09 bits per heavy atom. The average molecular weight is 335 g/mol. The van der Waals surface area contributed by atoms with E-state index in [1.54, 1.807) is 6.92 Å². The van der Waals surface area contributed by atoms with Crippen molar-refractivity contribution in [3.05, 3.63) is 34.1 Å². The molecule has 2 N–H and O–H groups in total. The van der Waals surface area contributed by atoms with Gasteiger partial charge in [-0.15, -0.1) is 0 Å². The van der Waals surface area contributed by atoms with Gasteiger partial charge in [0.1, 0.15) is 5.60 Å². The largest absolute Gasteiger partial charge is 0.384 e. The Hall–Kier alpha value is -1.73. The molecule has 2 heterocycles. The van der Waals surface area contributed by atoms with Crippen LogP contribution in [0.2, 0.25) is 0 Å². The standard InChI is InChI=1S/C16H21N3O3S/c1-16(21,12-7-8-23-9-12)10-17-13(20)3-2-4-14-18-15(19-22-14)11-5-6-11/h7-9,11,21H,2-6,10H2,1H3,(H,17,20). The summed E-state index contributed by atoms with van der Waals surface area (Å²) in [5, 5.41) is 20.9. The highest BCUT2D eigenvalue weighted by molar-refractivity contribution is 7.08. The summed E-state index contributed by atoms with van der Waals surface area (Å²) in [6.45, 7) is 1.90. The Bertz CT molecular complexity index is 647. The van der Waals surface area contributed by atoms with Crippen molar-refractivity contribution in [1.29, 1.82) is 0 Å². The summed E-state index contributed by atoms with van der Waals surface area (Å²) in [5.41, 5.74) is -0.220. The molecule has 0 aliphatic heterocycles. The fraction of sp³-hybridized carbons (Fsp3) is 0.562. The molecule has 7 heteroatoms. The molecule has 0 radical (unpaired) electrons. The normalized spacial score (nSPS) is 17.0. The second-order valence-corrected chi connectivity index (χ2v) is 7.02. The molecule has 0 spiro atoms. The lowest BCUT2D eigenvalue weighted by Crippen LogP contribution is -2.38. The summed E-state index contributed by atoms with van der Waals surface area (Å²) in [4.78, 5) is 16.2. The van der Waals surface area contributed by atoms with Gasteiger partial charge in [0.05, 0.1) is 6.54 Å². The van der Waals surface area contributed by atoms with E-state index >= 15 is 0 Å². The van der Waals surface area contributed by atoms with E-state index in [9.17, 15) is 9.90 Å². The smallest absolute Gasteiger partial charge is 0.226 e. The number of hydrogen-bond acceptors (Lipinski definition) is 6. The van der Waals surface area contributed by atoms with E-state index in [4.69, 9.17) is 4.52 Å². The third kappa shape index (κ3) is 4.39. The maximum Gasteiger partial charge on any atom is 0.226 e. The van der Waals surface area contributed by atoms with E-state index in [0.29, 0.717) is 31.1 Å². The number of carbonyl (C=O) groups is 1. The van der Waals surface area contributed by atoms with Gasteiger partial charge in [-0.1, -0.05) is 5.16 Å². The van der Waals surface area contributed by atoms with Gasteiger partial charge in [-0.25, -0.2) is 0 Å². The predicted octanol–water partition coefficient (Wildman–Crippen LogP) is 2.36. The first-order valence-corrected chi connectivity index (χ1v) is 8.83. The second kappa shape index (κ2) is 6.80. The number of hydrogen-bond donors (Lipinski definition) is 2. The number of nitrogens with zero attached hydrogens (tertiary/aromatic N) is 2. The molecule has 1 saturated carbocycles. The molecule has 124 valence electrons. The quantitative estimate of drug-likeness (QED) is 0.773. The number of rotatable bonds is 8. The van der Waals surface area contributed by atoms with Crippen LogP contribution in [-0.4, -0.2) is 27.7 Å². The van der Waals surface area contributed by atoms with Crippen LogP contribution in [0.3, 0.4) is 0 Å².